The summed E-state index contributed by atoms with van der Waals surface area (Å²) in [6.07, 6.45) is 3.69. The molecule has 2 spiro atoms. The maximum absolute atomic E-state index is 13.4. The fourth-order valence-electron chi connectivity index (χ4n) is 6.85. The fraction of sp³-hybridized carbons (Fsp3) is 0.810. The van der Waals surface area contributed by atoms with E-state index in [1.165, 1.54) is 11.1 Å². The lowest BCUT2D eigenvalue weighted by molar-refractivity contribution is -0.139. The fourth-order valence-corrected chi connectivity index (χ4v) is 6.85. The van der Waals surface area contributed by atoms with Gasteiger partial charge < -0.3 is 14.2 Å². The molecule has 3 aliphatic carbocycles. The summed E-state index contributed by atoms with van der Waals surface area (Å²) in [5.74, 6) is 0.895. The van der Waals surface area contributed by atoms with Crippen molar-refractivity contribution in [2.45, 2.75) is 76.8 Å². The van der Waals surface area contributed by atoms with Gasteiger partial charge in [0.2, 0.25) is 0 Å². The summed E-state index contributed by atoms with van der Waals surface area (Å²) in [6, 6.07) is 0. The zero-order valence-electron chi connectivity index (χ0n) is 16.0. The second-order valence-corrected chi connectivity index (χ2v) is 9.55. The van der Waals surface area contributed by atoms with Crippen molar-refractivity contribution in [3.63, 3.8) is 0 Å². The first-order chi connectivity index (χ1) is 12.3. The van der Waals surface area contributed by atoms with Crippen LogP contribution in [0.25, 0.3) is 0 Å². The number of epoxide rings is 2. The molecular weight excluding hydrogens is 332 g/mol. The van der Waals surface area contributed by atoms with E-state index in [0.717, 1.165) is 25.7 Å². The Morgan fingerprint density at radius 3 is 2.73 bits per heavy atom. The molecule has 26 heavy (non-hydrogen) atoms. The minimum absolute atomic E-state index is 0.0412. The van der Waals surface area contributed by atoms with Crippen molar-refractivity contribution in [1.82, 2.24) is 0 Å². The highest BCUT2D eigenvalue weighted by Crippen LogP contribution is 2.78. The van der Waals surface area contributed by atoms with E-state index in [0.29, 0.717) is 19.0 Å². The summed E-state index contributed by atoms with van der Waals surface area (Å²) in [5, 5.41) is 0. The highest BCUT2D eigenvalue weighted by Gasteiger charge is 2.93. The van der Waals surface area contributed by atoms with Gasteiger partial charge in [0.05, 0.1) is 12.2 Å². The average molecular weight is 360 g/mol. The number of ketones is 1. The van der Waals surface area contributed by atoms with Crippen molar-refractivity contribution in [3.8, 4) is 0 Å². The lowest BCUT2D eigenvalue weighted by atomic mass is 9.47. The zero-order chi connectivity index (χ0) is 18.5. The monoisotopic (exact) mass is 360 g/mol. The summed E-state index contributed by atoms with van der Waals surface area (Å²) in [5.41, 5.74) is 1.22. The first kappa shape index (κ1) is 16.9. The van der Waals surface area contributed by atoms with E-state index in [4.69, 9.17) is 14.2 Å². The molecule has 5 heteroatoms. The SMILES string of the molecule is CC1=C(COC=O)C2C[C@@H]3O[C@@]34C(=O)C(C(C)C)C[C@@H]3O[C@@]34[C@@]2(C)CC1. The predicted molar refractivity (Wildman–Crippen MR) is 93.3 cm³/mol. The molecule has 0 amide bonds. The highest BCUT2D eigenvalue weighted by atomic mass is 16.7. The van der Waals surface area contributed by atoms with E-state index in [1.807, 2.05) is 0 Å². The molecule has 0 aromatic carbocycles. The Kier molecular flexibility index (Phi) is 3.25. The van der Waals surface area contributed by atoms with E-state index in [-0.39, 0.29) is 35.2 Å². The van der Waals surface area contributed by atoms with Crippen molar-refractivity contribution < 1.29 is 23.8 Å². The predicted octanol–water partition coefficient (Wildman–Crippen LogP) is 2.82. The van der Waals surface area contributed by atoms with E-state index in [2.05, 4.69) is 27.7 Å². The van der Waals surface area contributed by atoms with Gasteiger partial charge in [0.25, 0.3) is 6.47 Å². The van der Waals surface area contributed by atoms with Crippen molar-refractivity contribution in [2.24, 2.45) is 23.2 Å². The Labute approximate surface area is 154 Å². The van der Waals surface area contributed by atoms with Gasteiger partial charge >= 0.3 is 0 Å². The first-order valence-corrected chi connectivity index (χ1v) is 9.97. The first-order valence-electron chi connectivity index (χ1n) is 9.97. The Bertz CT molecular complexity index is 726. The van der Waals surface area contributed by atoms with Crippen LogP contribution >= 0.6 is 0 Å². The van der Waals surface area contributed by atoms with Crippen molar-refractivity contribution >= 4 is 12.3 Å². The zero-order valence-corrected chi connectivity index (χ0v) is 16.0. The van der Waals surface area contributed by atoms with Gasteiger partial charge in [-0.05, 0) is 50.0 Å². The Morgan fingerprint density at radius 2 is 2.04 bits per heavy atom. The summed E-state index contributed by atoms with van der Waals surface area (Å²) in [7, 11) is 0. The highest BCUT2D eigenvalue weighted by molar-refractivity contribution is 5.97. The molecule has 0 radical (unpaired) electrons. The van der Waals surface area contributed by atoms with Crippen LogP contribution in [0.2, 0.25) is 0 Å². The van der Waals surface area contributed by atoms with Crippen LogP contribution in [0.3, 0.4) is 0 Å². The molecule has 2 unspecified atom stereocenters. The molecule has 0 bridgehead atoms. The average Bonchev–Trinajstić information content (AvgIpc) is 3.48. The van der Waals surface area contributed by atoms with Crippen molar-refractivity contribution in [2.75, 3.05) is 6.61 Å². The quantitative estimate of drug-likeness (QED) is 0.438. The van der Waals surface area contributed by atoms with Crippen LogP contribution in [0.1, 0.15) is 53.4 Å². The minimum atomic E-state index is -0.710. The lowest BCUT2D eigenvalue weighted by Gasteiger charge is -2.53. The molecule has 0 N–H and O–H groups in total. The van der Waals surface area contributed by atoms with Crippen LogP contribution in [-0.4, -0.2) is 42.3 Å². The molecule has 142 valence electrons. The Balaban J connectivity index is 1.57. The van der Waals surface area contributed by atoms with Crippen LogP contribution in [0.5, 0.6) is 0 Å². The Hall–Kier alpha value is -1.20. The van der Waals surface area contributed by atoms with Crippen LogP contribution in [-0.2, 0) is 23.8 Å². The second-order valence-electron chi connectivity index (χ2n) is 9.55. The van der Waals surface area contributed by atoms with E-state index in [1.54, 1.807) is 0 Å². The number of allylic oxidation sites excluding steroid dienone is 1. The van der Waals surface area contributed by atoms with Gasteiger partial charge in [-0.3, -0.25) is 9.59 Å². The summed E-state index contributed by atoms with van der Waals surface area (Å²) >= 11 is 0. The molecule has 4 fully saturated rings. The normalized spacial score (nSPS) is 51.2. The number of rotatable bonds is 4. The number of carbonyl (C=O) groups excluding carboxylic acids is 2. The van der Waals surface area contributed by atoms with E-state index in [9.17, 15) is 9.59 Å². The molecule has 2 heterocycles. The number of Topliss-reactive ketones (excluding diaryl/α,β-unsaturated/α-hetero) is 1. The van der Waals surface area contributed by atoms with Crippen LogP contribution in [0.4, 0.5) is 0 Å². The number of hydrogen-bond donors (Lipinski definition) is 0. The van der Waals surface area contributed by atoms with Gasteiger partial charge in [0.1, 0.15) is 12.2 Å². The van der Waals surface area contributed by atoms with Gasteiger partial charge in [-0.2, -0.15) is 0 Å². The topological polar surface area (TPSA) is 68.4 Å². The standard InChI is InChI=1S/C21H28O5/c1-11(2)13-7-17-21(26-17)19(4)6-5-12(3)14(9-24-10-22)15(19)8-16-20(21,25-16)18(13)23/h10-11,13,15-17H,5-9H2,1-4H3/t13?,15?,16-,17-,19-,20+,21+/m0/s1. The van der Waals surface area contributed by atoms with E-state index < -0.39 is 11.2 Å². The third kappa shape index (κ3) is 1.66. The molecule has 5 rings (SSSR count). The number of carbonyl (C=O) groups is 2. The molecule has 0 aromatic heterocycles. The van der Waals surface area contributed by atoms with E-state index >= 15 is 0 Å². The van der Waals surface area contributed by atoms with Gasteiger partial charge in [0, 0.05) is 11.3 Å². The number of fused-ring (bicyclic) bond motifs is 1. The van der Waals surface area contributed by atoms with Crippen LogP contribution in [0.15, 0.2) is 11.1 Å². The molecule has 0 aromatic rings. The third-order valence-corrected chi connectivity index (χ3v) is 8.34. The summed E-state index contributed by atoms with van der Waals surface area (Å²) < 4.78 is 17.8. The maximum Gasteiger partial charge on any atom is 0.293 e. The molecule has 2 aliphatic heterocycles. The number of hydrogen-bond acceptors (Lipinski definition) is 5. The molecule has 5 aliphatic rings. The largest absolute Gasteiger partial charge is 0.463 e. The molecule has 7 atom stereocenters. The maximum atomic E-state index is 13.4. The van der Waals surface area contributed by atoms with Gasteiger partial charge in [-0.1, -0.05) is 26.3 Å². The van der Waals surface area contributed by atoms with Crippen molar-refractivity contribution in [3.05, 3.63) is 11.1 Å². The molecule has 2 saturated carbocycles. The van der Waals surface area contributed by atoms with Crippen molar-refractivity contribution in [1.29, 1.82) is 0 Å². The summed E-state index contributed by atoms with van der Waals surface area (Å²) in [6.45, 7) is 9.55. The lowest BCUT2D eigenvalue weighted by Crippen LogP contribution is -2.65. The molecular formula is C21H28O5. The summed E-state index contributed by atoms with van der Waals surface area (Å²) in [4.78, 5) is 24.2. The van der Waals surface area contributed by atoms with Gasteiger partial charge in [-0.15, -0.1) is 0 Å². The third-order valence-electron chi connectivity index (χ3n) is 8.34. The van der Waals surface area contributed by atoms with Crippen LogP contribution in [0, 0.1) is 23.2 Å². The smallest absolute Gasteiger partial charge is 0.293 e. The minimum Gasteiger partial charge on any atom is -0.463 e. The Morgan fingerprint density at radius 1 is 1.27 bits per heavy atom. The molecule has 2 saturated heterocycles. The molecule has 5 nitrogen and oxygen atoms in total. The van der Waals surface area contributed by atoms with Gasteiger partial charge in [-0.25, -0.2) is 0 Å². The van der Waals surface area contributed by atoms with Gasteiger partial charge in [0.15, 0.2) is 11.4 Å². The number of ether oxygens (including phenoxy) is 3. The van der Waals surface area contributed by atoms with Crippen LogP contribution < -0.4 is 0 Å². The second kappa shape index (κ2) is 4.99.